The van der Waals surface area contributed by atoms with E-state index in [1.165, 1.54) is 5.56 Å². The number of aromatic nitrogens is 1. The summed E-state index contributed by atoms with van der Waals surface area (Å²) in [5.74, 6) is 2.14. The third-order valence-corrected chi connectivity index (χ3v) is 4.78. The van der Waals surface area contributed by atoms with E-state index in [1.54, 1.807) is 12.3 Å². The van der Waals surface area contributed by atoms with Crippen LogP contribution in [0, 0.1) is 5.92 Å². The van der Waals surface area contributed by atoms with Gasteiger partial charge in [0.05, 0.1) is 0 Å². The van der Waals surface area contributed by atoms with Crippen molar-refractivity contribution < 1.29 is 14.3 Å². The van der Waals surface area contributed by atoms with Crippen molar-refractivity contribution in [2.45, 2.75) is 13.0 Å². The van der Waals surface area contributed by atoms with Gasteiger partial charge in [-0.25, -0.2) is 0 Å². The summed E-state index contributed by atoms with van der Waals surface area (Å²) in [6, 6.07) is 9.80. The zero-order valence-electron chi connectivity index (χ0n) is 14.2. The summed E-state index contributed by atoms with van der Waals surface area (Å²) in [4.78, 5) is 17.4. The monoisotopic (exact) mass is 341 g/mol. The van der Waals surface area contributed by atoms with Gasteiger partial charge in [0.15, 0.2) is 11.5 Å². The van der Waals surface area contributed by atoms with E-state index in [1.807, 2.05) is 12.1 Å². The van der Waals surface area contributed by atoms with Crippen LogP contribution >= 0.6 is 0 Å². The molecule has 2 aliphatic rings. The van der Waals surface area contributed by atoms with Crippen molar-refractivity contribution in [3.05, 3.63) is 47.8 Å². The first-order chi connectivity index (χ1) is 12.3. The Morgan fingerprint density at radius 2 is 2.12 bits per heavy atom. The lowest BCUT2D eigenvalue weighted by Crippen LogP contribution is -2.31. The summed E-state index contributed by atoms with van der Waals surface area (Å²) >= 11 is 0. The number of hydrogen-bond acceptors (Lipinski definition) is 4. The predicted octanol–water partition coefficient (Wildman–Crippen LogP) is 2.04. The van der Waals surface area contributed by atoms with E-state index in [-0.39, 0.29) is 5.91 Å². The molecule has 1 aromatic carbocycles. The third-order valence-electron chi connectivity index (χ3n) is 4.78. The average Bonchev–Trinajstić information content (AvgIpc) is 3.32. The highest BCUT2D eigenvalue weighted by atomic mass is 16.6. The maximum absolute atomic E-state index is 12.0. The first kappa shape index (κ1) is 16.0. The lowest BCUT2D eigenvalue weighted by Gasteiger charge is -2.21. The van der Waals surface area contributed by atoms with Crippen LogP contribution in [0.2, 0.25) is 0 Å². The largest absolute Gasteiger partial charge is 0.486 e. The van der Waals surface area contributed by atoms with Crippen molar-refractivity contribution in [3.8, 4) is 11.5 Å². The highest BCUT2D eigenvalue weighted by Gasteiger charge is 2.23. The molecule has 2 N–H and O–H groups in total. The summed E-state index contributed by atoms with van der Waals surface area (Å²) < 4.78 is 11.2. The van der Waals surface area contributed by atoms with Crippen molar-refractivity contribution in [3.63, 3.8) is 0 Å². The van der Waals surface area contributed by atoms with Crippen LogP contribution in [-0.2, 0) is 6.54 Å². The maximum Gasteiger partial charge on any atom is 0.267 e. The van der Waals surface area contributed by atoms with Gasteiger partial charge < -0.3 is 19.8 Å². The highest BCUT2D eigenvalue weighted by molar-refractivity contribution is 5.92. The summed E-state index contributed by atoms with van der Waals surface area (Å²) in [6.45, 7) is 4.90. The number of ether oxygens (including phenoxy) is 2. The fourth-order valence-electron chi connectivity index (χ4n) is 3.47. The first-order valence-electron chi connectivity index (χ1n) is 8.80. The van der Waals surface area contributed by atoms with E-state index in [2.05, 4.69) is 27.3 Å². The van der Waals surface area contributed by atoms with E-state index in [9.17, 15) is 4.79 Å². The van der Waals surface area contributed by atoms with Crippen LogP contribution in [0.5, 0.6) is 11.5 Å². The van der Waals surface area contributed by atoms with Gasteiger partial charge in [-0.15, -0.1) is 0 Å². The molecule has 0 bridgehead atoms. The fourth-order valence-corrected chi connectivity index (χ4v) is 3.47. The number of carbonyl (C=O) groups excluding carboxylic acids is 1. The zero-order valence-corrected chi connectivity index (χ0v) is 14.2. The van der Waals surface area contributed by atoms with E-state index in [0.717, 1.165) is 44.1 Å². The van der Waals surface area contributed by atoms with Crippen LogP contribution in [0.3, 0.4) is 0 Å². The molecule has 1 unspecified atom stereocenters. The van der Waals surface area contributed by atoms with E-state index < -0.39 is 0 Å². The smallest absolute Gasteiger partial charge is 0.267 e. The molecular weight excluding hydrogens is 318 g/mol. The average molecular weight is 341 g/mol. The standard InChI is InChI=1S/C19H23N3O3/c23-19(16-2-1-6-20-16)21-11-15-5-7-22(13-15)12-14-3-4-17-18(10-14)25-9-8-24-17/h1-4,6,10,15,20H,5,7-9,11-13H2,(H,21,23). The number of carbonyl (C=O) groups is 1. The second-order valence-corrected chi connectivity index (χ2v) is 6.66. The Labute approximate surface area is 147 Å². The lowest BCUT2D eigenvalue weighted by molar-refractivity contribution is 0.0943. The molecule has 3 heterocycles. The molecule has 2 aliphatic heterocycles. The minimum atomic E-state index is -0.0321. The molecule has 0 saturated carbocycles. The minimum Gasteiger partial charge on any atom is -0.486 e. The third kappa shape index (κ3) is 3.79. The number of benzene rings is 1. The molecule has 4 rings (SSSR count). The van der Waals surface area contributed by atoms with Crippen molar-refractivity contribution in [1.82, 2.24) is 15.2 Å². The molecular formula is C19H23N3O3. The zero-order chi connectivity index (χ0) is 17.1. The first-order valence-corrected chi connectivity index (χ1v) is 8.80. The van der Waals surface area contributed by atoms with Gasteiger partial charge in [0.2, 0.25) is 0 Å². The number of nitrogens with one attached hydrogen (secondary N) is 2. The molecule has 132 valence electrons. The van der Waals surface area contributed by atoms with Gasteiger partial charge in [-0.2, -0.15) is 0 Å². The summed E-state index contributed by atoms with van der Waals surface area (Å²) in [6.07, 6.45) is 2.87. The van der Waals surface area contributed by atoms with Crippen LogP contribution in [0.4, 0.5) is 0 Å². The minimum absolute atomic E-state index is 0.0321. The Kier molecular flexibility index (Phi) is 4.61. The predicted molar refractivity (Wildman–Crippen MR) is 93.9 cm³/mol. The van der Waals surface area contributed by atoms with Gasteiger partial charge in [-0.3, -0.25) is 9.69 Å². The van der Waals surface area contributed by atoms with Crippen LogP contribution in [0.15, 0.2) is 36.5 Å². The van der Waals surface area contributed by atoms with Gasteiger partial charge >= 0.3 is 0 Å². The number of rotatable bonds is 5. The summed E-state index contributed by atoms with van der Waals surface area (Å²) in [7, 11) is 0. The Hall–Kier alpha value is -2.47. The van der Waals surface area contributed by atoms with Gasteiger partial charge in [0.1, 0.15) is 18.9 Å². The second kappa shape index (κ2) is 7.19. The second-order valence-electron chi connectivity index (χ2n) is 6.66. The van der Waals surface area contributed by atoms with E-state index in [0.29, 0.717) is 24.8 Å². The number of likely N-dealkylation sites (tertiary alicyclic amines) is 1. The number of H-pyrrole nitrogens is 1. The number of aromatic amines is 1. The molecule has 6 nitrogen and oxygen atoms in total. The Morgan fingerprint density at radius 3 is 2.96 bits per heavy atom. The van der Waals surface area contributed by atoms with E-state index >= 15 is 0 Å². The molecule has 2 aromatic rings. The van der Waals surface area contributed by atoms with Gasteiger partial charge in [0.25, 0.3) is 5.91 Å². The van der Waals surface area contributed by atoms with Crippen LogP contribution in [0.1, 0.15) is 22.5 Å². The van der Waals surface area contributed by atoms with Crippen molar-refractivity contribution in [2.75, 3.05) is 32.8 Å². The lowest BCUT2D eigenvalue weighted by atomic mass is 10.1. The number of amides is 1. The van der Waals surface area contributed by atoms with Crippen molar-refractivity contribution in [1.29, 1.82) is 0 Å². The molecule has 6 heteroatoms. The van der Waals surface area contributed by atoms with Gasteiger partial charge in [-0.05, 0) is 48.7 Å². The molecule has 0 spiro atoms. The summed E-state index contributed by atoms with van der Waals surface area (Å²) in [5, 5.41) is 3.02. The quantitative estimate of drug-likeness (QED) is 0.873. The number of fused-ring (bicyclic) bond motifs is 1. The van der Waals surface area contributed by atoms with Crippen LogP contribution in [-0.4, -0.2) is 48.6 Å². The van der Waals surface area contributed by atoms with Gasteiger partial charge in [-0.1, -0.05) is 6.07 Å². The van der Waals surface area contributed by atoms with Crippen molar-refractivity contribution in [2.24, 2.45) is 5.92 Å². The van der Waals surface area contributed by atoms with Crippen LogP contribution < -0.4 is 14.8 Å². The normalized spacial score (nSPS) is 19.8. The molecule has 1 atom stereocenters. The molecule has 0 aliphatic carbocycles. The molecule has 25 heavy (non-hydrogen) atoms. The fraction of sp³-hybridized carbons (Fsp3) is 0.421. The number of hydrogen-bond donors (Lipinski definition) is 2. The Balaban J connectivity index is 1.27. The topological polar surface area (TPSA) is 66.6 Å². The number of nitrogens with zero attached hydrogens (tertiary/aromatic N) is 1. The van der Waals surface area contributed by atoms with Crippen LogP contribution in [0.25, 0.3) is 0 Å². The maximum atomic E-state index is 12.0. The molecule has 1 fully saturated rings. The molecule has 0 radical (unpaired) electrons. The van der Waals surface area contributed by atoms with E-state index in [4.69, 9.17) is 9.47 Å². The molecule has 1 amide bonds. The van der Waals surface area contributed by atoms with Gasteiger partial charge in [0, 0.05) is 25.8 Å². The SMILES string of the molecule is O=C(NCC1CCN(Cc2ccc3c(c2)OCCO3)C1)c1ccc[nH]1. The molecule has 1 saturated heterocycles. The summed E-state index contributed by atoms with van der Waals surface area (Å²) in [5.41, 5.74) is 1.85. The molecule has 1 aromatic heterocycles. The Bertz CT molecular complexity index is 730. The highest BCUT2D eigenvalue weighted by Crippen LogP contribution is 2.31. The Morgan fingerprint density at radius 1 is 1.24 bits per heavy atom. The van der Waals surface area contributed by atoms with Crippen molar-refractivity contribution >= 4 is 5.91 Å².